The molecule has 128 valence electrons. The maximum Gasteiger partial charge on any atom is 0.234 e. The van der Waals surface area contributed by atoms with E-state index in [-0.39, 0.29) is 11.7 Å². The van der Waals surface area contributed by atoms with Gasteiger partial charge in [0.25, 0.3) is 0 Å². The Bertz CT molecular complexity index is 828. The first-order valence-corrected chi connectivity index (χ1v) is 10.4. The Morgan fingerprint density at radius 2 is 1.80 bits per heavy atom. The van der Waals surface area contributed by atoms with Crippen LogP contribution >= 0.6 is 34.9 Å². The van der Waals surface area contributed by atoms with Gasteiger partial charge in [-0.15, -0.1) is 0 Å². The summed E-state index contributed by atoms with van der Waals surface area (Å²) in [4.78, 5) is 23.1. The van der Waals surface area contributed by atoms with E-state index in [9.17, 15) is 4.79 Å². The van der Waals surface area contributed by atoms with Crippen LogP contribution < -0.4 is 5.32 Å². The zero-order valence-corrected chi connectivity index (χ0v) is 16.3. The van der Waals surface area contributed by atoms with Gasteiger partial charge in [0, 0.05) is 32.2 Å². The Morgan fingerprint density at radius 1 is 1.08 bits per heavy atom. The zero-order chi connectivity index (χ0) is 17.6. The van der Waals surface area contributed by atoms with Gasteiger partial charge < -0.3 is 5.32 Å². The first-order chi connectivity index (χ1) is 12.1. The molecular weight excluding hydrogens is 370 g/mol. The van der Waals surface area contributed by atoms with E-state index in [1.54, 1.807) is 23.1 Å². The number of carbonyl (C=O) groups is 1. The highest BCUT2D eigenvalue weighted by Crippen LogP contribution is 2.30. The van der Waals surface area contributed by atoms with E-state index >= 15 is 0 Å². The number of nitrogens with one attached hydrogen (secondary N) is 1. The molecule has 0 aliphatic carbocycles. The van der Waals surface area contributed by atoms with E-state index in [2.05, 4.69) is 32.1 Å². The van der Waals surface area contributed by atoms with Crippen LogP contribution in [0.15, 0.2) is 62.1 Å². The molecule has 0 spiro atoms. The van der Waals surface area contributed by atoms with Gasteiger partial charge >= 0.3 is 0 Å². The van der Waals surface area contributed by atoms with Crippen molar-refractivity contribution in [3.63, 3.8) is 0 Å². The van der Waals surface area contributed by atoms with Crippen LogP contribution in [0.3, 0.4) is 0 Å². The van der Waals surface area contributed by atoms with Crippen molar-refractivity contribution in [1.29, 1.82) is 0 Å². The number of nitrogens with zero attached hydrogens (tertiary/aromatic N) is 2. The van der Waals surface area contributed by atoms with Crippen LogP contribution in [0.1, 0.15) is 11.4 Å². The van der Waals surface area contributed by atoms with Crippen molar-refractivity contribution in [3.05, 3.63) is 58.5 Å². The van der Waals surface area contributed by atoms with Gasteiger partial charge in [0.1, 0.15) is 0 Å². The van der Waals surface area contributed by atoms with Crippen molar-refractivity contribution in [2.75, 3.05) is 11.1 Å². The van der Waals surface area contributed by atoms with Gasteiger partial charge in [-0.25, -0.2) is 9.97 Å². The number of hydrogen-bond acceptors (Lipinski definition) is 6. The average Bonchev–Trinajstić information content (AvgIpc) is 3.07. The predicted octanol–water partition coefficient (Wildman–Crippen LogP) is 5.04. The number of carbonyl (C=O) groups excluding carboxylic acids is 1. The molecule has 1 amide bonds. The first-order valence-electron chi connectivity index (χ1n) is 7.63. The molecule has 1 N–H and O–H groups in total. The Balaban J connectivity index is 1.52. The second kappa shape index (κ2) is 8.51. The van der Waals surface area contributed by atoms with Crippen LogP contribution in [0.25, 0.3) is 0 Å². The van der Waals surface area contributed by atoms with Crippen molar-refractivity contribution in [2.45, 2.75) is 28.8 Å². The van der Waals surface area contributed by atoms with Crippen LogP contribution in [0, 0.1) is 13.8 Å². The first kappa shape index (κ1) is 18.0. The van der Waals surface area contributed by atoms with Crippen LogP contribution in [-0.2, 0) is 4.79 Å². The Labute approximate surface area is 159 Å². The van der Waals surface area contributed by atoms with E-state index in [0.29, 0.717) is 5.16 Å². The standard InChI is InChI=1S/C18H17N3OS3/c1-12-9-13(2)20-18(19-12)24-11-17(22)21-14-3-5-15(6-4-14)25-16-7-8-23-10-16/h3-10H,11H2,1-2H3,(H,21,22). The third-order valence-corrected chi connectivity index (χ3v) is 5.84. The fourth-order valence-corrected chi connectivity index (χ4v) is 4.53. The zero-order valence-electron chi connectivity index (χ0n) is 13.9. The summed E-state index contributed by atoms with van der Waals surface area (Å²) in [5, 5.41) is 7.72. The molecule has 4 nitrogen and oxygen atoms in total. The second-order valence-corrected chi connectivity index (χ2v) is 8.23. The monoisotopic (exact) mass is 387 g/mol. The number of thioether (sulfide) groups is 1. The molecule has 3 rings (SSSR count). The topological polar surface area (TPSA) is 54.9 Å². The number of hydrogen-bond donors (Lipinski definition) is 1. The number of benzene rings is 1. The SMILES string of the molecule is Cc1cc(C)nc(SCC(=O)Nc2ccc(Sc3ccsc3)cc2)n1. The van der Waals surface area contributed by atoms with Gasteiger partial charge in [0.15, 0.2) is 5.16 Å². The van der Waals surface area contributed by atoms with Crippen LogP contribution in [0.4, 0.5) is 5.69 Å². The number of aromatic nitrogens is 2. The largest absolute Gasteiger partial charge is 0.325 e. The molecule has 1 aromatic carbocycles. The molecular formula is C18H17N3OS3. The molecule has 0 atom stereocenters. The summed E-state index contributed by atoms with van der Waals surface area (Å²) in [6, 6.07) is 11.9. The third-order valence-electron chi connectivity index (χ3n) is 3.16. The van der Waals surface area contributed by atoms with Crippen LogP contribution in [-0.4, -0.2) is 21.6 Å². The molecule has 0 aliphatic heterocycles. The van der Waals surface area contributed by atoms with Gasteiger partial charge in [-0.1, -0.05) is 23.5 Å². The van der Waals surface area contributed by atoms with Crippen molar-refractivity contribution < 1.29 is 4.79 Å². The smallest absolute Gasteiger partial charge is 0.234 e. The average molecular weight is 388 g/mol. The molecule has 0 saturated heterocycles. The Morgan fingerprint density at radius 3 is 2.44 bits per heavy atom. The maximum absolute atomic E-state index is 12.1. The molecule has 0 fully saturated rings. The summed E-state index contributed by atoms with van der Waals surface area (Å²) in [6.07, 6.45) is 0. The van der Waals surface area contributed by atoms with E-state index in [4.69, 9.17) is 0 Å². The molecule has 0 saturated carbocycles. The molecule has 3 aromatic rings. The van der Waals surface area contributed by atoms with E-state index in [1.165, 1.54) is 16.7 Å². The Kier molecular flexibility index (Phi) is 6.12. The summed E-state index contributed by atoms with van der Waals surface area (Å²) in [6.45, 7) is 3.85. The lowest BCUT2D eigenvalue weighted by Gasteiger charge is -2.06. The van der Waals surface area contributed by atoms with E-state index < -0.39 is 0 Å². The lowest BCUT2D eigenvalue weighted by molar-refractivity contribution is -0.113. The quantitative estimate of drug-likeness (QED) is 0.474. The lowest BCUT2D eigenvalue weighted by atomic mass is 10.3. The second-order valence-electron chi connectivity index (χ2n) is 5.36. The minimum Gasteiger partial charge on any atom is -0.325 e. The molecule has 0 unspecified atom stereocenters. The predicted molar refractivity (Wildman–Crippen MR) is 106 cm³/mol. The maximum atomic E-state index is 12.1. The third kappa shape index (κ3) is 5.59. The number of rotatable bonds is 6. The summed E-state index contributed by atoms with van der Waals surface area (Å²) >= 11 is 4.74. The number of amides is 1. The number of aryl methyl sites for hydroxylation is 2. The molecule has 25 heavy (non-hydrogen) atoms. The van der Waals surface area contributed by atoms with Crippen molar-refractivity contribution >= 4 is 46.5 Å². The molecule has 0 bridgehead atoms. The molecule has 0 radical (unpaired) electrons. The van der Waals surface area contributed by atoms with Gasteiger partial charge in [-0.3, -0.25) is 4.79 Å². The summed E-state index contributed by atoms with van der Waals surface area (Å²) in [7, 11) is 0. The van der Waals surface area contributed by atoms with Crippen LogP contribution in [0.5, 0.6) is 0 Å². The van der Waals surface area contributed by atoms with E-state index in [1.807, 2.05) is 44.2 Å². The fraction of sp³-hybridized carbons (Fsp3) is 0.167. The summed E-state index contributed by atoms with van der Waals surface area (Å²) in [5.74, 6) is 0.222. The highest BCUT2D eigenvalue weighted by Gasteiger charge is 2.07. The van der Waals surface area contributed by atoms with Crippen molar-refractivity contribution in [2.24, 2.45) is 0 Å². The fourth-order valence-electron chi connectivity index (χ4n) is 2.14. The summed E-state index contributed by atoms with van der Waals surface area (Å²) < 4.78 is 0. The molecule has 7 heteroatoms. The van der Waals surface area contributed by atoms with Crippen molar-refractivity contribution in [1.82, 2.24) is 9.97 Å². The molecule has 0 aliphatic rings. The minimum absolute atomic E-state index is 0.0639. The highest BCUT2D eigenvalue weighted by molar-refractivity contribution is 7.99. The van der Waals surface area contributed by atoms with Crippen molar-refractivity contribution in [3.8, 4) is 0 Å². The normalized spacial score (nSPS) is 10.6. The molecule has 2 heterocycles. The summed E-state index contributed by atoms with van der Waals surface area (Å²) in [5.41, 5.74) is 2.62. The Hall–Kier alpha value is -1.83. The van der Waals surface area contributed by atoms with Crippen LogP contribution in [0.2, 0.25) is 0 Å². The number of thiophene rings is 1. The van der Waals surface area contributed by atoms with Gasteiger partial charge in [-0.05, 0) is 55.6 Å². The molecule has 2 aromatic heterocycles. The van der Waals surface area contributed by atoms with E-state index in [0.717, 1.165) is 22.0 Å². The minimum atomic E-state index is -0.0639. The van der Waals surface area contributed by atoms with Gasteiger partial charge in [0.2, 0.25) is 5.91 Å². The highest BCUT2D eigenvalue weighted by atomic mass is 32.2. The van der Waals surface area contributed by atoms with Gasteiger partial charge in [-0.2, -0.15) is 11.3 Å². The van der Waals surface area contributed by atoms with Gasteiger partial charge in [0.05, 0.1) is 5.75 Å². The lowest BCUT2D eigenvalue weighted by Crippen LogP contribution is -2.14. The number of anilines is 1.